The average Bonchev–Trinajstić information content (AvgIpc) is 2.82. The molecule has 1 saturated heterocycles. The lowest BCUT2D eigenvalue weighted by molar-refractivity contribution is 0.0843. The normalized spacial score (nSPS) is 20.9. The third kappa shape index (κ3) is 2.82. The second kappa shape index (κ2) is 5.43. The lowest BCUT2D eigenvalue weighted by Crippen LogP contribution is -2.44. The van der Waals surface area contributed by atoms with E-state index in [1.54, 1.807) is 0 Å². The number of rotatable bonds is 4. The van der Waals surface area contributed by atoms with Crippen LogP contribution in [0.15, 0.2) is 30.3 Å². The summed E-state index contributed by atoms with van der Waals surface area (Å²) < 4.78 is 0. The van der Waals surface area contributed by atoms with Gasteiger partial charge < -0.3 is 5.11 Å². The van der Waals surface area contributed by atoms with E-state index < -0.39 is 6.10 Å². The van der Waals surface area contributed by atoms with Crippen molar-refractivity contribution < 1.29 is 5.11 Å². The summed E-state index contributed by atoms with van der Waals surface area (Å²) in [6, 6.07) is 9.87. The Morgan fingerprint density at radius 1 is 1.19 bits per heavy atom. The van der Waals surface area contributed by atoms with Gasteiger partial charge in [0.2, 0.25) is 0 Å². The standard InChI is InChI=1S/C13H20N2O/c1-11(14-15-9-5-6-10-15)13(16)12-7-3-2-4-8-12/h2-4,7-8,11,13-14,16H,5-6,9-10H2,1H3/t11-,13-/m0/s1. The number of aliphatic hydroxyl groups excluding tert-OH is 1. The molecule has 16 heavy (non-hydrogen) atoms. The van der Waals surface area contributed by atoms with Crippen LogP contribution < -0.4 is 5.43 Å². The third-order valence-electron chi connectivity index (χ3n) is 3.11. The maximum atomic E-state index is 10.2. The molecule has 0 saturated carbocycles. The van der Waals surface area contributed by atoms with Crippen molar-refractivity contribution in [1.82, 2.24) is 10.4 Å². The lowest BCUT2D eigenvalue weighted by atomic mass is 10.0. The number of hydrazine groups is 1. The van der Waals surface area contributed by atoms with Gasteiger partial charge in [-0.15, -0.1) is 0 Å². The Kier molecular flexibility index (Phi) is 3.93. The highest BCUT2D eigenvalue weighted by Gasteiger charge is 2.20. The largest absolute Gasteiger partial charge is 0.387 e. The molecule has 2 rings (SSSR count). The minimum atomic E-state index is -0.443. The van der Waals surface area contributed by atoms with Crippen LogP contribution in [0.5, 0.6) is 0 Å². The van der Waals surface area contributed by atoms with E-state index in [4.69, 9.17) is 0 Å². The topological polar surface area (TPSA) is 35.5 Å². The van der Waals surface area contributed by atoms with Gasteiger partial charge in [-0.25, -0.2) is 10.4 Å². The SMILES string of the molecule is C[C@H](NN1CCCC1)[C@H](O)c1ccccc1. The van der Waals surface area contributed by atoms with E-state index in [0.29, 0.717) is 0 Å². The molecule has 0 amide bonds. The van der Waals surface area contributed by atoms with Crippen LogP contribution in [0.2, 0.25) is 0 Å². The fraction of sp³-hybridized carbons (Fsp3) is 0.538. The van der Waals surface area contributed by atoms with Crippen LogP contribution in [0.4, 0.5) is 0 Å². The average molecular weight is 220 g/mol. The summed E-state index contributed by atoms with van der Waals surface area (Å²) in [5.41, 5.74) is 4.33. The Morgan fingerprint density at radius 3 is 2.44 bits per heavy atom. The smallest absolute Gasteiger partial charge is 0.0953 e. The van der Waals surface area contributed by atoms with Gasteiger partial charge >= 0.3 is 0 Å². The summed E-state index contributed by atoms with van der Waals surface area (Å²) in [5.74, 6) is 0. The van der Waals surface area contributed by atoms with Crippen LogP contribution in [-0.2, 0) is 0 Å². The van der Waals surface area contributed by atoms with Crippen molar-refractivity contribution in [3.05, 3.63) is 35.9 Å². The summed E-state index contributed by atoms with van der Waals surface area (Å²) in [4.78, 5) is 0. The van der Waals surface area contributed by atoms with Crippen molar-refractivity contribution in [2.75, 3.05) is 13.1 Å². The van der Waals surface area contributed by atoms with Crippen molar-refractivity contribution in [2.45, 2.75) is 31.9 Å². The first-order valence-corrected chi connectivity index (χ1v) is 6.01. The summed E-state index contributed by atoms with van der Waals surface area (Å²) in [6.45, 7) is 4.20. The first kappa shape index (κ1) is 11.6. The Bertz CT molecular complexity index is 309. The van der Waals surface area contributed by atoms with E-state index in [9.17, 15) is 5.11 Å². The molecule has 1 aliphatic rings. The Balaban J connectivity index is 1.91. The van der Waals surface area contributed by atoms with Crippen LogP contribution in [0, 0.1) is 0 Å². The maximum Gasteiger partial charge on any atom is 0.0953 e. The lowest BCUT2D eigenvalue weighted by Gasteiger charge is -2.26. The summed E-state index contributed by atoms with van der Waals surface area (Å²) in [5, 5.41) is 12.4. The Morgan fingerprint density at radius 2 is 1.81 bits per heavy atom. The van der Waals surface area contributed by atoms with Gasteiger partial charge in [0, 0.05) is 19.1 Å². The first-order valence-electron chi connectivity index (χ1n) is 6.01. The Hall–Kier alpha value is -0.900. The zero-order valence-corrected chi connectivity index (χ0v) is 9.76. The van der Waals surface area contributed by atoms with Gasteiger partial charge in [-0.3, -0.25) is 0 Å². The molecule has 0 radical (unpaired) electrons. The van der Waals surface area contributed by atoms with Crippen LogP contribution >= 0.6 is 0 Å². The molecular formula is C13H20N2O. The maximum absolute atomic E-state index is 10.2. The number of benzene rings is 1. The zero-order valence-electron chi connectivity index (χ0n) is 9.76. The van der Waals surface area contributed by atoms with Crippen LogP contribution in [0.3, 0.4) is 0 Å². The van der Waals surface area contributed by atoms with Crippen molar-refractivity contribution >= 4 is 0 Å². The van der Waals surface area contributed by atoms with Gasteiger partial charge in [0.05, 0.1) is 6.10 Å². The molecule has 2 atom stereocenters. The number of aliphatic hydroxyl groups is 1. The van der Waals surface area contributed by atoms with E-state index in [0.717, 1.165) is 18.7 Å². The molecule has 1 aromatic rings. The quantitative estimate of drug-likeness (QED) is 0.811. The number of nitrogens with zero attached hydrogens (tertiary/aromatic N) is 1. The van der Waals surface area contributed by atoms with E-state index >= 15 is 0 Å². The van der Waals surface area contributed by atoms with Crippen LogP contribution in [0.25, 0.3) is 0 Å². The van der Waals surface area contributed by atoms with Crippen LogP contribution in [-0.4, -0.2) is 29.2 Å². The monoisotopic (exact) mass is 220 g/mol. The molecule has 0 spiro atoms. The second-order valence-corrected chi connectivity index (χ2v) is 4.47. The van der Waals surface area contributed by atoms with E-state index in [2.05, 4.69) is 10.4 Å². The first-order chi connectivity index (χ1) is 7.77. The Labute approximate surface area is 97.1 Å². The molecular weight excluding hydrogens is 200 g/mol. The molecule has 3 nitrogen and oxygen atoms in total. The highest BCUT2D eigenvalue weighted by Crippen LogP contribution is 2.17. The number of hydrogen-bond donors (Lipinski definition) is 2. The fourth-order valence-electron chi connectivity index (χ4n) is 2.14. The highest BCUT2D eigenvalue weighted by atomic mass is 16.3. The summed E-state index contributed by atoms with van der Waals surface area (Å²) in [7, 11) is 0. The van der Waals surface area contributed by atoms with Gasteiger partial charge in [-0.2, -0.15) is 0 Å². The zero-order chi connectivity index (χ0) is 11.4. The predicted octanol–water partition coefficient (Wildman–Crippen LogP) is 1.71. The predicted molar refractivity (Wildman–Crippen MR) is 64.8 cm³/mol. The van der Waals surface area contributed by atoms with Gasteiger partial charge in [0.1, 0.15) is 0 Å². The van der Waals surface area contributed by atoms with Gasteiger partial charge in [0.25, 0.3) is 0 Å². The van der Waals surface area contributed by atoms with Crippen molar-refractivity contribution in [3.8, 4) is 0 Å². The van der Waals surface area contributed by atoms with Crippen molar-refractivity contribution in [1.29, 1.82) is 0 Å². The number of nitrogens with one attached hydrogen (secondary N) is 1. The van der Waals surface area contributed by atoms with E-state index in [1.165, 1.54) is 12.8 Å². The van der Waals surface area contributed by atoms with Crippen LogP contribution in [0.1, 0.15) is 31.4 Å². The molecule has 0 aliphatic carbocycles. The molecule has 0 bridgehead atoms. The molecule has 1 heterocycles. The highest BCUT2D eigenvalue weighted by molar-refractivity contribution is 5.18. The molecule has 88 valence electrons. The van der Waals surface area contributed by atoms with E-state index in [1.807, 2.05) is 37.3 Å². The fourth-order valence-corrected chi connectivity index (χ4v) is 2.14. The van der Waals surface area contributed by atoms with E-state index in [-0.39, 0.29) is 6.04 Å². The van der Waals surface area contributed by atoms with Gasteiger partial charge in [-0.1, -0.05) is 30.3 Å². The van der Waals surface area contributed by atoms with Crippen molar-refractivity contribution in [3.63, 3.8) is 0 Å². The molecule has 1 fully saturated rings. The molecule has 1 aromatic carbocycles. The second-order valence-electron chi connectivity index (χ2n) is 4.47. The van der Waals surface area contributed by atoms with Crippen molar-refractivity contribution in [2.24, 2.45) is 0 Å². The molecule has 1 aliphatic heterocycles. The van der Waals surface area contributed by atoms with Gasteiger partial charge in [-0.05, 0) is 25.3 Å². The molecule has 0 aromatic heterocycles. The minimum Gasteiger partial charge on any atom is -0.387 e. The molecule has 0 unspecified atom stereocenters. The summed E-state index contributed by atoms with van der Waals surface area (Å²) in [6.07, 6.45) is 2.06. The number of hydrogen-bond acceptors (Lipinski definition) is 3. The molecule has 2 N–H and O–H groups in total. The third-order valence-corrected chi connectivity index (χ3v) is 3.11. The van der Waals surface area contributed by atoms with Gasteiger partial charge in [0.15, 0.2) is 0 Å². The minimum absolute atomic E-state index is 0.0560. The summed E-state index contributed by atoms with van der Waals surface area (Å²) >= 11 is 0. The molecule has 3 heteroatoms.